The Morgan fingerprint density at radius 2 is 1.63 bits per heavy atom. The average Bonchev–Trinajstić information content (AvgIpc) is 3.18. The Kier molecular flexibility index (Phi) is 7.90. The first-order valence-corrected chi connectivity index (χ1v) is 12.5. The van der Waals surface area contributed by atoms with Crippen LogP contribution in [0.4, 0.5) is 35.1 Å². The van der Waals surface area contributed by atoms with Crippen molar-refractivity contribution < 1.29 is 39.9 Å². The van der Waals surface area contributed by atoms with Crippen LogP contribution in [-0.2, 0) is 29.6 Å². The fourth-order valence-corrected chi connectivity index (χ4v) is 5.54. The van der Waals surface area contributed by atoms with Crippen LogP contribution in [0.25, 0.3) is 0 Å². The first-order chi connectivity index (χ1) is 17.7. The minimum Gasteiger partial charge on any atom is -0.346 e. The van der Waals surface area contributed by atoms with E-state index in [1.54, 1.807) is 6.07 Å². The third-order valence-electron chi connectivity index (χ3n) is 5.81. The highest BCUT2D eigenvalue weighted by atomic mass is 79.9. The predicted molar refractivity (Wildman–Crippen MR) is 125 cm³/mol. The minimum absolute atomic E-state index is 0.104. The van der Waals surface area contributed by atoms with E-state index in [0.29, 0.717) is 15.0 Å². The number of nitrogens with one attached hydrogen (secondary N) is 1. The molecule has 0 fully saturated rings. The Bertz CT molecular complexity index is 1360. The molecule has 4 rings (SSSR count). The molecule has 15 heteroatoms. The number of carbonyl (C=O) groups excluding carboxylic acids is 1. The smallest absolute Gasteiger partial charge is 0.290 e. The highest BCUT2D eigenvalue weighted by Crippen LogP contribution is 2.52. The van der Waals surface area contributed by atoms with E-state index in [-0.39, 0.29) is 22.4 Å². The van der Waals surface area contributed by atoms with Crippen LogP contribution in [0.1, 0.15) is 53.5 Å². The number of amides is 1. The van der Waals surface area contributed by atoms with Crippen molar-refractivity contribution >= 4 is 37.8 Å². The van der Waals surface area contributed by atoms with E-state index < -0.39 is 78.2 Å². The first kappa shape index (κ1) is 28.5. The normalized spacial score (nSPS) is 16.8. The second-order valence-corrected chi connectivity index (χ2v) is 10.4. The summed E-state index contributed by atoms with van der Waals surface area (Å²) in [5, 5.41) is 5.71. The number of hydrogen-bond acceptors (Lipinski definition) is 3. The number of aromatic nitrogens is 3. The quantitative estimate of drug-likeness (QED) is 0.272. The molecule has 1 amide bonds. The zero-order valence-electron chi connectivity index (χ0n) is 18.9. The standard InChI is InChI=1S/C23H16Br2F8N4O/c24-11-6-14(25)18(34-8-11)15(5-10-3-12(26)7-13(27)4-10)35-16(38)9-37-20-17(19(36-37)21(28)29)22(30,31)1-2-23(20,32)33/h3-4,6-8,15,21H,1-2,5,9H2,(H,35,38). The lowest BCUT2D eigenvalue weighted by Gasteiger charge is -2.29. The van der Waals surface area contributed by atoms with Gasteiger partial charge in [-0.1, -0.05) is 0 Å². The molecule has 1 aromatic carbocycles. The number of halogens is 10. The SMILES string of the molecule is O=C(Cn1nc(C(F)F)c2c1C(F)(F)CCC2(F)F)NC(Cc1cc(F)cc(F)c1)c1ncc(Br)cc1Br. The third-order valence-corrected chi connectivity index (χ3v) is 6.88. The molecule has 2 aromatic heterocycles. The van der Waals surface area contributed by atoms with Gasteiger partial charge in [0.05, 0.1) is 17.3 Å². The van der Waals surface area contributed by atoms with Crippen LogP contribution in [0.2, 0.25) is 0 Å². The fourth-order valence-electron chi connectivity index (χ4n) is 4.28. The number of hydrogen-bond donors (Lipinski definition) is 1. The van der Waals surface area contributed by atoms with Crippen LogP contribution >= 0.6 is 31.9 Å². The summed E-state index contributed by atoms with van der Waals surface area (Å²) in [6.07, 6.45) is -5.13. The molecular formula is C23H16Br2F8N4O. The Labute approximate surface area is 226 Å². The highest BCUT2D eigenvalue weighted by Gasteiger charge is 2.55. The molecule has 1 N–H and O–H groups in total. The van der Waals surface area contributed by atoms with Crippen molar-refractivity contribution in [3.05, 3.63) is 79.3 Å². The number of carbonyl (C=O) groups is 1. The van der Waals surface area contributed by atoms with Crippen molar-refractivity contribution in [2.45, 2.75) is 50.1 Å². The molecule has 38 heavy (non-hydrogen) atoms. The summed E-state index contributed by atoms with van der Waals surface area (Å²) < 4.78 is 114. The predicted octanol–water partition coefficient (Wildman–Crippen LogP) is 7.10. The van der Waals surface area contributed by atoms with Crippen molar-refractivity contribution in [3.8, 4) is 0 Å². The molecule has 0 aliphatic heterocycles. The summed E-state index contributed by atoms with van der Waals surface area (Å²) in [6, 6.07) is 3.12. The molecule has 2 heterocycles. The summed E-state index contributed by atoms with van der Waals surface area (Å²) in [6.45, 7) is -1.11. The lowest BCUT2D eigenvalue weighted by atomic mass is 9.89. The van der Waals surface area contributed by atoms with Gasteiger partial charge in [0.2, 0.25) is 5.91 Å². The zero-order chi connectivity index (χ0) is 28.0. The molecule has 0 spiro atoms. The number of nitrogens with zero attached hydrogens (tertiary/aromatic N) is 3. The third kappa shape index (κ3) is 5.87. The van der Waals surface area contributed by atoms with Gasteiger partial charge >= 0.3 is 0 Å². The molecule has 0 saturated heterocycles. The van der Waals surface area contributed by atoms with E-state index in [9.17, 15) is 39.9 Å². The molecule has 3 aromatic rings. The monoisotopic (exact) mass is 674 g/mol. The van der Waals surface area contributed by atoms with Crippen molar-refractivity contribution in [1.82, 2.24) is 20.1 Å². The molecule has 1 aliphatic rings. The van der Waals surface area contributed by atoms with Crippen molar-refractivity contribution in [1.29, 1.82) is 0 Å². The van der Waals surface area contributed by atoms with Gasteiger partial charge in [-0.3, -0.25) is 14.5 Å². The van der Waals surface area contributed by atoms with E-state index >= 15 is 0 Å². The molecule has 5 nitrogen and oxygen atoms in total. The fraction of sp³-hybridized carbons (Fsp3) is 0.348. The lowest BCUT2D eigenvalue weighted by molar-refractivity contribution is -0.123. The Morgan fingerprint density at radius 1 is 1.00 bits per heavy atom. The number of pyridine rings is 1. The van der Waals surface area contributed by atoms with Gasteiger partial charge < -0.3 is 5.32 Å². The van der Waals surface area contributed by atoms with Crippen LogP contribution < -0.4 is 5.32 Å². The molecule has 1 aliphatic carbocycles. The van der Waals surface area contributed by atoms with E-state index in [0.717, 1.165) is 12.1 Å². The highest BCUT2D eigenvalue weighted by molar-refractivity contribution is 9.11. The largest absolute Gasteiger partial charge is 0.346 e. The van der Waals surface area contributed by atoms with Crippen LogP contribution in [0, 0.1) is 11.6 Å². The first-order valence-electron chi connectivity index (χ1n) is 10.9. The number of rotatable bonds is 7. The van der Waals surface area contributed by atoms with Gasteiger partial charge in [-0.05, 0) is 62.0 Å². The molecule has 1 atom stereocenters. The van der Waals surface area contributed by atoms with Gasteiger partial charge in [-0.15, -0.1) is 0 Å². The minimum atomic E-state index is -3.99. The number of benzene rings is 1. The maximum Gasteiger partial charge on any atom is 0.290 e. The van der Waals surface area contributed by atoms with Gasteiger partial charge in [0.25, 0.3) is 18.3 Å². The van der Waals surface area contributed by atoms with Gasteiger partial charge in [0.1, 0.15) is 29.6 Å². The molecular weight excluding hydrogens is 660 g/mol. The summed E-state index contributed by atoms with van der Waals surface area (Å²) in [4.78, 5) is 17.1. The van der Waals surface area contributed by atoms with Gasteiger partial charge in [-0.25, -0.2) is 26.3 Å². The summed E-state index contributed by atoms with van der Waals surface area (Å²) >= 11 is 6.48. The van der Waals surface area contributed by atoms with Gasteiger partial charge in [-0.2, -0.15) is 13.9 Å². The van der Waals surface area contributed by atoms with Crippen molar-refractivity contribution in [2.75, 3.05) is 0 Å². The molecule has 0 saturated carbocycles. The summed E-state index contributed by atoms with van der Waals surface area (Å²) in [5.74, 6) is -10.8. The molecule has 0 radical (unpaired) electrons. The Balaban J connectivity index is 1.69. The van der Waals surface area contributed by atoms with E-state index in [1.165, 1.54) is 6.20 Å². The second kappa shape index (κ2) is 10.5. The van der Waals surface area contributed by atoms with E-state index in [4.69, 9.17) is 0 Å². The molecule has 204 valence electrons. The lowest BCUT2D eigenvalue weighted by Crippen LogP contribution is -2.37. The van der Waals surface area contributed by atoms with Crippen LogP contribution in [0.3, 0.4) is 0 Å². The maximum atomic E-state index is 14.6. The number of fused-ring (bicyclic) bond motifs is 1. The Hall–Kier alpha value is -2.55. The second-order valence-electron chi connectivity index (χ2n) is 8.60. The van der Waals surface area contributed by atoms with Gasteiger partial charge in [0.15, 0.2) is 0 Å². The zero-order valence-corrected chi connectivity index (χ0v) is 22.1. The average molecular weight is 676 g/mol. The molecule has 0 bridgehead atoms. The van der Waals surface area contributed by atoms with Crippen LogP contribution in [0.15, 0.2) is 39.4 Å². The van der Waals surface area contributed by atoms with Crippen molar-refractivity contribution in [3.63, 3.8) is 0 Å². The maximum absolute atomic E-state index is 14.6. The van der Waals surface area contributed by atoms with Crippen LogP contribution in [0.5, 0.6) is 0 Å². The number of alkyl halides is 6. The molecule has 1 unspecified atom stereocenters. The van der Waals surface area contributed by atoms with E-state index in [1.807, 2.05) is 0 Å². The summed E-state index contributed by atoms with van der Waals surface area (Å²) in [5.41, 5.74) is -4.28. The van der Waals surface area contributed by atoms with Gasteiger partial charge in [0, 0.05) is 34.1 Å². The van der Waals surface area contributed by atoms with E-state index in [2.05, 4.69) is 47.3 Å². The van der Waals surface area contributed by atoms with Crippen molar-refractivity contribution in [2.24, 2.45) is 0 Å². The topological polar surface area (TPSA) is 59.8 Å². The summed E-state index contributed by atoms with van der Waals surface area (Å²) in [7, 11) is 0. The van der Waals surface area contributed by atoms with Crippen LogP contribution in [-0.4, -0.2) is 20.7 Å². The Morgan fingerprint density at radius 3 is 2.24 bits per heavy atom.